The summed E-state index contributed by atoms with van der Waals surface area (Å²) in [7, 11) is 0. The Balaban J connectivity index is 1.59. The molecule has 0 saturated heterocycles. The van der Waals surface area contributed by atoms with Crippen molar-refractivity contribution >= 4 is 17.2 Å². The summed E-state index contributed by atoms with van der Waals surface area (Å²) in [5.41, 5.74) is 1.59. The van der Waals surface area contributed by atoms with Crippen molar-refractivity contribution in [1.82, 2.24) is 19.9 Å². The molecule has 116 valence electrons. The van der Waals surface area contributed by atoms with Crippen LogP contribution in [0, 0.1) is 0 Å². The lowest BCUT2D eigenvalue weighted by molar-refractivity contribution is -0.121. The number of rotatable bonds is 5. The number of hydrogen-bond acceptors (Lipinski definition) is 5. The van der Waals surface area contributed by atoms with Crippen LogP contribution in [0.2, 0.25) is 0 Å². The molecule has 0 spiro atoms. The highest BCUT2D eigenvalue weighted by atomic mass is 32.1. The van der Waals surface area contributed by atoms with Gasteiger partial charge in [0, 0.05) is 23.2 Å². The molecule has 1 aromatic carbocycles. The quantitative estimate of drug-likeness (QED) is 0.774. The van der Waals surface area contributed by atoms with Crippen molar-refractivity contribution in [2.75, 3.05) is 0 Å². The highest BCUT2D eigenvalue weighted by molar-refractivity contribution is 7.13. The van der Waals surface area contributed by atoms with Gasteiger partial charge in [0.1, 0.15) is 11.6 Å². The largest absolute Gasteiger partial charge is 0.349 e. The molecule has 1 amide bonds. The second-order valence-electron chi connectivity index (χ2n) is 4.83. The number of hydrogen-bond donors (Lipinski definition) is 1. The van der Waals surface area contributed by atoms with Crippen LogP contribution in [-0.2, 0) is 17.9 Å². The number of thiazole rings is 1. The molecule has 0 aliphatic carbocycles. The number of aromatic nitrogens is 3. The van der Waals surface area contributed by atoms with Gasteiger partial charge in [-0.3, -0.25) is 14.2 Å². The number of carbonyl (C=O) groups excluding carboxylic acids is 1. The van der Waals surface area contributed by atoms with Crippen LogP contribution in [0.3, 0.4) is 0 Å². The summed E-state index contributed by atoms with van der Waals surface area (Å²) >= 11 is 1.53. The molecule has 0 aliphatic rings. The SMILES string of the molecule is O=C(Cn1cnccc1=O)NCc1csc(-c2ccccc2)n1. The van der Waals surface area contributed by atoms with Gasteiger partial charge in [-0.05, 0) is 0 Å². The Hall–Kier alpha value is -2.80. The summed E-state index contributed by atoms with van der Waals surface area (Å²) in [5.74, 6) is -0.255. The molecule has 0 aliphatic heterocycles. The molecule has 6 nitrogen and oxygen atoms in total. The average Bonchev–Trinajstić information content (AvgIpc) is 3.05. The zero-order valence-corrected chi connectivity index (χ0v) is 13.0. The fourth-order valence-electron chi connectivity index (χ4n) is 2.00. The summed E-state index contributed by atoms with van der Waals surface area (Å²) in [4.78, 5) is 31.7. The number of amides is 1. The Morgan fingerprint density at radius 3 is 2.83 bits per heavy atom. The van der Waals surface area contributed by atoms with Crippen molar-refractivity contribution in [3.8, 4) is 10.6 Å². The van der Waals surface area contributed by atoms with Gasteiger partial charge in [-0.25, -0.2) is 9.97 Å². The third kappa shape index (κ3) is 3.89. The zero-order chi connectivity index (χ0) is 16.1. The van der Waals surface area contributed by atoms with E-state index in [-0.39, 0.29) is 18.0 Å². The Bertz CT molecular complexity index is 858. The first-order valence-corrected chi connectivity index (χ1v) is 7.87. The smallest absolute Gasteiger partial charge is 0.253 e. The van der Waals surface area contributed by atoms with Gasteiger partial charge in [-0.15, -0.1) is 11.3 Å². The van der Waals surface area contributed by atoms with Crippen LogP contribution in [-0.4, -0.2) is 20.4 Å². The van der Waals surface area contributed by atoms with Crippen LogP contribution in [0.1, 0.15) is 5.69 Å². The highest BCUT2D eigenvalue weighted by Gasteiger charge is 2.07. The van der Waals surface area contributed by atoms with Crippen molar-refractivity contribution in [3.05, 3.63) is 70.4 Å². The van der Waals surface area contributed by atoms with Crippen molar-refractivity contribution in [1.29, 1.82) is 0 Å². The summed E-state index contributed by atoms with van der Waals surface area (Å²) in [6.45, 7) is 0.277. The van der Waals surface area contributed by atoms with E-state index in [0.29, 0.717) is 6.54 Å². The fourth-order valence-corrected chi connectivity index (χ4v) is 2.82. The van der Waals surface area contributed by atoms with E-state index < -0.39 is 0 Å². The third-order valence-electron chi connectivity index (χ3n) is 3.15. The van der Waals surface area contributed by atoms with Gasteiger partial charge in [0.2, 0.25) is 5.91 Å². The minimum atomic E-state index is -0.255. The number of benzene rings is 1. The maximum Gasteiger partial charge on any atom is 0.253 e. The van der Waals surface area contributed by atoms with Crippen LogP contribution in [0.5, 0.6) is 0 Å². The third-order valence-corrected chi connectivity index (χ3v) is 4.09. The molecule has 0 atom stereocenters. The maximum atomic E-state index is 11.9. The van der Waals surface area contributed by atoms with E-state index in [4.69, 9.17) is 0 Å². The molecule has 7 heteroatoms. The van der Waals surface area contributed by atoms with E-state index in [0.717, 1.165) is 16.3 Å². The van der Waals surface area contributed by atoms with Crippen molar-refractivity contribution in [2.45, 2.75) is 13.1 Å². The Labute approximate surface area is 136 Å². The van der Waals surface area contributed by atoms with Crippen molar-refractivity contribution < 1.29 is 4.79 Å². The van der Waals surface area contributed by atoms with Crippen molar-refractivity contribution in [3.63, 3.8) is 0 Å². The van der Waals surface area contributed by atoms with Gasteiger partial charge >= 0.3 is 0 Å². The second kappa shape index (κ2) is 6.97. The van der Waals surface area contributed by atoms with E-state index in [1.807, 2.05) is 35.7 Å². The molecule has 0 saturated carbocycles. The first-order valence-electron chi connectivity index (χ1n) is 6.99. The van der Waals surface area contributed by atoms with E-state index >= 15 is 0 Å². The molecule has 0 radical (unpaired) electrons. The van der Waals surface area contributed by atoms with E-state index in [1.54, 1.807) is 0 Å². The molecule has 1 N–H and O–H groups in total. The van der Waals surface area contributed by atoms with Crippen LogP contribution in [0.25, 0.3) is 10.6 Å². The highest BCUT2D eigenvalue weighted by Crippen LogP contribution is 2.23. The lowest BCUT2D eigenvalue weighted by Crippen LogP contribution is -2.31. The summed E-state index contributed by atoms with van der Waals surface area (Å²) in [6, 6.07) is 11.2. The topological polar surface area (TPSA) is 76.9 Å². The predicted octanol–water partition coefficient (Wildman–Crippen LogP) is 1.68. The molecule has 3 rings (SSSR count). The minimum absolute atomic E-state index is 0.0532. The first-order chi connectivity index (χ1) is 11.2. The number of carbonyl (C=O) groups is 1. The number of nitrogens with one attached hydrogen (secondary N) is 1. The number of nitrogens with zero attached hydrogens (tertiary/aromatic N) is 3. The van der Waals surface area contributed by atoms with Crippen LogP contribution < -0.4 is 10.9 Å². The summed E-state index contributed by atoms with van der Waals surface area (Å²) in [6.07, 6.45) is 2.75. The van der Waals surface area contributed by atoms with Gasteiger partial charge in [-0.1, -0.05) is 30.3 Å². The maximum absolute atomic E-state index is 11.9. The monoisotopic (exact) mass is 326 g/mol. The van der Waals surface area contributed by atoms with Crippen LogP contribution in [0.4, 0.5) is 0 Å². The molecule has 2 aromatic heterocycles. The Kier molecular flexibility index (Phi) is 4.58. The molecule has 0 unspecified atom stereocenters. The fraction of sp³-hybridized carbons (Fsp3) is 0.125. The molecular weight excluding hydrogens is 312 g/mol. The normalized spacial score (nSPS) is 10.4. The van der Waals surface area contributed by atoms with Gasteiger partial charge in [0.25, 0.3) is 5.56 Å². The zero-order valence-electron chi connectivity index (χ0n) is 12.2. The van der Waals surface area contributed by atoms with Crippen molar-refractivity contribution in [2.24, 2.45) is 0 Å². The second-order valence-corrected chi connectivity index (χ2v) is 5.69. The van der Waals surface area contributed by atoms with Crippen LogP contribution >= 0.6 is 11.3 Å². The minimum Gasteiger partial charge on any atom is -0.349 e. The van der Waals surface area contributed by atoms with E-state index in [2.05, 4.69) is 15.3 Å². The van der Waals surface area contributed by atoms with E-state index in [9.17, 15) is 9.59 Å². The first kappa shape index (κ1) is 15.1. The van der Waals surface area contributed by atoms with Gasteiger partial charge < -0.3 is 5.32 Å². The van der Waals surface area contributed by atoms with Gasteiger partial charge in [-0.2, -0.15) is 0 Å². The standard InChI is InChI=1S/C16H14N4O2S/c21-14(9-20-11-17-7-6-15(20)22)18-8-13-10-23-16(19-13)12-4-2-1-3-5-12/h1-7,10-11H,8-9H2,(H,18,21). The molecule has 2 heterocycles. The molecule has 0 bridgehead atoms. The molecule has 3 aromatic rings. The predicted molar refractivity (Wildman–Crippen MR) is 87.9 cm³/mol. The molecular formula is C16H14N4O2S. The lowest BCUT2D eigenvalue weighted by atomic mass is 10.2. The molecule has 0 fully saturated rings. The summed E-state index contributed by atoms with van der Waals surface area (Å²) < 4.78 is 1.26. The lowest BCUT2D eigenvalue weighted by Gasteiger charge is -2.05. The molecule has 23 heavy (non-hydrogen) atoms. The Morgan fingerprint density at radius 2 is 2.04 bits per heavy atom. The van der Waals surface area contributed by atoms with Gasteiger partial charge in [0.05, 0.1) is 18.6 Å². The van der Waals surface area contributed by atoms with Crippen LogP contribution in [0.15, 0.2) is 59.1 Å². The van der Waals surface area contributed by atoms with Gasteiger partial charge in [0.15, 0.2) is 0 Å². The average molecular weight is 326 g/mol. The van der Waals surface area contributed by atoms with E-state index in [1.165, 1.54) is 34.5 Å². The Morgan fingerprint density at radius 1 is 1.22 bits per heavy atom. The summed E-state index contributed by atoms with van der Waals surface area (Å²) in [5, 5.41) is 5.59.